The first-order chi connectivity index (χ1) is 14.3. The van der Waals surface area contributed by atoms with Gasteiger partial charge in [-0.2, -0.15) is 4.99 Å². The largest absolute Gasteiger partial charge is 0.342 e. The minimum Gasteiger partial charge on any atom is -0.342 e. The van der Waals surface area contributed by atoms with Crippen LogP contribution in [-0.4, -0.2) is 54.3 Å². The van der Waals surface area contributed by atoms with Crippen LogP contribution < -0.4 is 4.80 Å². The van der Waals surface area contributed by atoms with Gasteiger partial charge in [0.15, 0.2) is 14.6 Å². The van der Waals surface area contributed by atoms with Crippen molar-refractivity contribution in [2.24, 2.45) is 4.99 Å². The highest BCUT2D eigenvalue weighted by atomic mass is 32.2. The molecule has 2 aromatic rings. The fourth-order valence-electron chi connectivity index (χ4n) is 3.49. The zero-order chi connectivity index (χ0) is 21.7. The molecule has 2 heterocycles. The molecule has 7 nitrogen and oxygen atoms in total. The lowest BCUT2D eigenvalue weighted by Crippen LogP contribution is -2.37. The quantitative estimate of drug-likeness (QED) is 0.655. The van der Waals surface area contributed by atoms with Crippen molar-refractivity contribution >= 4 is 43.2 Å². The highest BCUT2D eigenvalue weighted by Crippen LogP contribution is 2.19. The highest BCUT2D eigenvalue weighted by Gasteiger charge is 2.25. The van der Waals surface area contributed by atoms with Gasteiger partial charge in [-0.1, -0.05) is 36.2 Å². The van der Waals surface area contributed by atoms with Gasteiger partial charge in [0, 0.05) is 13.1 Å². The zero-order valence-corrected chi connectivity index (χ0v) is 18.6. The number of aryl methyl sites for hydroxylation is 1. The summed E-state index contributed by atoms with van der Waals surface area (Å²) in [5, 5.41) is 0. The second-order valence-corrected chi connectivity index (χ2v) is 10.6. The van der Waals surface area contributed by atoms with Gasteiger partial charge >= 0.3 is 0 Å². The Kier molecular flexibility index (Phi) is 7.10. The van der Waals surface area contributed by atoms with Gasteiger partial charge in [-0.25, -0.2) is 8.42 Å². The molecule has 3 rings (SSSR count). The minimum absolute atomic E-state index is 0.218. The van der Waals surface area contributed by atoms with Gasteiger partial charge < -0.3 is 9.47 Å². The third-order valence-corrected chi connectivity index (χ3v) is 7.37. The topological polar surface area (TPSA) is 88.8 Å². The van der Waals surface area contributed by atoms with Gasteiger partial charge in [0.2, 0.25) is 5.91 Å². The molecule has 0 spiro atoms. The van der Waals surface area contributed by atoms with E-state index < -0.39 is 33.2 Å². The fourth-order valence-corrected chi connectivity index (χ4v) is 5.73. The van der Waals surface area contributed by atoms with Crippen LogP contribution in [0, 0.1) is 19.3 Å². The number of carbonyl (C=O) groups excluding carboxylic acids is 2. The minimum atomic E-state index is -3.90. The molecule has 9 heteroatoms. The number of hydrogen-bond donors (Lipinski definition) is 0. The molecule has 30 heavy (non-hydrogen) atoms. The van der Waals surface area contributed by atoms with E-state index >= 15 is 0 Å². The Morgan fingerprint density at radius 2 is 1.87 bits per heavy atom. The third-order valence-electron chi connectivity index (χ3n) is 4.95. The molecule has 1 aliphatic rings. The molecule has 0 saturated carbocycles. The van der Waals surface area contributed by atoms with Gasteiger partial charge in [-0.3, -0.25) is 9.59 Å². The molecule has 1 aliphatic heterocycles. The van der Waals surface area contributed by atoms with Crippen LogP contribution in [0.5, 0.6) is 0 Å². The second-order valence-electron chi connectivity index (χ2n) is 7.48. The van der Waals surface area contributed by atoms with Crippen molar-refractivity contribution in [3.63, 3.8) is 0 Å². The second kappa shape index (κ2) is 9.58. The maximum absolute atomic E-state index is 12.4. The van der Waals surface area contributed by atoms with Gasteiger partial charge in [-0.15, -0.1) is 6.42 Å². The first-order valence-electron chi connectivity index (χ1n) is 9.88. The normalized spacial score (nSPS) is 15.7. The van der Waals surface area contributed by atoms with Crippen molar-refractivity contribution < 1.29 is 18.0 Å². The van der Waals surface area contributed by atoms with E-state index in [1.54, 1.807) is 9.47 Å². The molecule has 160 valence electrons. The van der Waals surface area contributed by atoms with Crippen LogP contribution in [0.25, 0.3) is 10.2 Å². The van der Waals surface area contributed by atoms with Gasteiger partial charge in [0.1, 0.15) is 11.5 Å². The number of terminal acetylenes is 1. The van der Waals surface area contributed by atoms with E-state index in [0.717, 1.165) is 41.5 Å². The maximum Gasteiger partial charge on any atom is 0.263 e. The van der Waals surface area contributed by atoms with Crippen LogP contribution in [0.3, 0.4) is 0 Å². The Balaban J connectivity index is 1.78. The summed E-state index contributed by atoms with van der Waals surface area (Å²) in [5.41, 5.74) is 1.90. The van der Waals surface area contributed by atoms with Crippen LogP contribution in [0.15, 0.2) is 23.2 Å². The molecule has 0 N–H and O–H groups in total. The number of likely N-dealkylation sites (tertiary alicyclic amines) is 1. The maximum atomic E-state index is 12.4. The van der Waals surface area contributed by atoms with E-state index in [4.69, 9.17) is 6.42 Å². The summed E-state index contributed by atoms with van der Waals surface area (Å²) in [4.78, 5) is 30.7. The standard InChI is InChI=1S/C21H25N3O4S2/c1-3-10-24-17-9-8-16(2)13-18(17)29-21(24)22-19(25)14-30(27,28)15-20(26)23-11-6-4-5-7-12-23/h1,8-9,13H,4-7,10-12,14-15H2,2H3. The van der Waals surface area contributed by atoms with Gasteiger partial charge in [-0.05, 0) is 37.5 Å². The van der Waals surface area contributed by atoms with E-state index in [-0.39, 0.29) is 6.54 Å². The summed E-state index contributed by atoms with van der Waals surface area (Å²) in [5.74, 6) is -0.161. The number of sulfone groups is 1. The molecule has 0 radical (unpaired) electrons. The Morgan fingerprint density at radius 3 is 2.53 bits per heavy atom. The van der Waals surface area contributed by atoms with Crippen molar-refractivity contribution in [3.8, 4) is 12.3 Å². The number of nitrogens with zero attached hydrogens (tertiary/aromatic N) is 3. The monoisotopic (exact) mass is 447 g/mol. The van der Waals surface area contributed by atoms with E-state index in [2.05, 4.69) is 10.9 Å². The summed E-state index contributed by atoms with van der Waals surface area (Å²) in [7, 11) is -3.90. The number of carbonyl (C=O) groups is 2. The molecule has 1 fully saturated rings. The summed E-state index contributed by atoms with van der Waals surface area (Å²) in [6, 6.07) is 5.80. The number of thiazole rings is 1. The van der Waals surface area contributed by atoms with E-state index in [1.807, 2.05) is 25.1 Å². The molecule has 1 aromatic carbocycles. The van der Waals surface area contributed by atoms with Gasteiger partial charge in [0.05, 0.1) is 16.8 Å². The smallest absolute Gasteiger partial charge is 0.263 e. The predicted molar refractivity (Wildman–Crippen MR) is 118 cm³/mol. The third kappa shape index (κ3) is 5.58. The van der Waals surface area contributed by atoms with Crippen LogP contribution in [0.1, 0.15) is 31.2 Å². The molecule has 2 amide bonds. The van der Waals surface area contributed by atoms with Crippen LogP contribution in [-0.2, 0) is 26.0 Å². The first-order valence-corrected chi connectivity index (χ1v) is 12.5. The predicted octanol–water partition coefficient (Wildman–Crippen LogP) is 1.89. The number of hydrogen-bond acceptors (Lipinski definition) is 5. The summed E-state index contributed by atoms with van der Waals surface area (Å²) in [6.07, 6.45) is 9.28. The number of fused-ring (bicyclic) bond motifs is 1. The Bertz CT molecular complexity index is 1160. The lowest BCUT2D eigenvalue weighted by atomic mass is 10.2. The van der Waals surface area contributed by atoms with Gasteiger partial charge in [0.25, 0.3) is 5.91 Å². The van der Waals surface area contributed by atoms with Crippen LogP contribution >= 0.6 is 11.3 Å². The Labute approximate surface area is 180 Å². The molecule has 1 aromatic heterocycles. The molecule has 0 aliphatic carbocycles. The summed E-state index contributed by atoms with van der Waals surface area (Å²) >= 11 is 1.28. The Hall–Kier alpha value is -2.44. The van der Waals surface area contributed by atoms with Crippen molar-refractivity contribution in [3.05, 3.63) is 28.6 Å². The number of rotatable bonds is 5. The summed E-state index contributed by atoms with van der Waals surface area (Å²) in [6.45, 7) is 3.32. The lowest BCUT2D eigenvalue weighted by Gasteiger charge is -2.19. The first kappa shape index (κ1) is 22.2. The van der Waals surface area contributed by atoms with Crippen LogP contribution in [0.4, 0.5) is 0 Å². The lowest BCUT2D eigenvalue weighted by molar-refractivity contribution is -0.128. The van der Waals surface area contributed by atoms with E-state index in [0.29, 0.717) is 17.9 Å². The molecule has 0 bridgehead atoms. The SMILES string of the molecule is C#CCn1c(=NC(=O)CS(=O)(=O)CC(=O)N2CCCCCC2)sc2cc(C)ccc21. The summed E-state index contributed by atoms with van der Waals surface area (Å²) < 4.78 is 27.5. The number of amides is 2. The highest BCUT2D eigenvalue weighted by molar-refractivity contribution is 7.92. The molecule has 0 unspecified atom stereocenters. The van der Waals surface area contributed by atoms with Crippen molar-refractivity contribution in [1.82, 2.24) is 9.47 Å². The van der Waals surface area contributed by atoms with E-state index in [9.17, 15) is 18.0 Å². The molecule has 0 atom stereocenters. The Morgan fingerprint density at radius 1 is 1.17 bits per heavy atom. The van der Waals surface area contributed by atoms with Crippen molar-refractivity contribution in [2.45, 2.75) is 39.2 Å². The molecule has 1 saturated heterocycles. The van der Waals surface area contributed by atoms with Crippen molar-refractivity contribution in [1.29, 1.82) is 0 Å². The molecular formula is C21H25N3O4S2. The number of aromatic nitrogens is 1. The van der Waals surface area contributed by atoms with Crippen LogP contribution in [0.2, 0.25) is 0 Å². The fraction of sp³-hybridized carbons (Fsp3) is 0.476. The average Bonchev–Trinajstić information content (AvgIpc) is 2.84. The molecular weight excluding hydrogens is 422 g/mol. The zero-order valence-electron chi connectivity index (χ0n) is 17.0. The van der Waals surface area contributed by atoms with E-state index in [1.165, 1.54) is 11.3 Å². The average molecular weight is 448 g/mol. The van der Waals surface area contributed by atoms with Crippen molar-refractivity contribution in [2.75, 3.05) is 24.6 Å². The number of benzene rings is 1.